The van der Waals surface area contributed by atoms with Crippen molar-refractivity contribution in [3.8, 4) is 0 Å². The molecule has 2 heteroatoms. The fraction of sp³-hybridized carbons (Fsp3) is 0.500. The molecule has 0 fully saturated rings. The van der Waals surface area contributed by atoms with Crippen LogP contribution in [-0.2, 0) is 6.54 Å². The van der Waals surface area contributed by atoms with E-state index in [2.05, 4.69) is 41.1 Å². The van der Waals surface area contributed by atoms with Crippen molar-refractivity contribution in [2.24, 2.45) is 4.99 Å². The zero-order valence-electron chi connectivity index (χ0n) is 9.82. The molecule has 0 aliphatic carbocycles. The summed E-state index contributed by atoms with van der Waals surface area (Å²) in [4.78, 5) is 7.11. The van der Waals surface area contributed by atoms with Crippen molar-refractivity contribution in [3.63, 3.8) is 0 Å². The highest BCUT2D eigenvalue weighted by molar-refractivity contribution is 5.87. The minimum absolute atomic E-state index is 0.555. The van der Waals surface area contributed by atoms with Crippen LogP contribution < -0.4 is 0 Å². The summed E-state index contributed by atoms with van der Waals surface area (Å²) in [6.45, 7) is 5.51. The van der Waals surface area contributed by atoms with Gasteiger partial charge >= 0.3 is 0 Å². The summed E-state index contributed by atoms with van der Waals surface area (Å²) < 4.78 is 0. The first-order chi connectivity index (χ1) is 7.84. The van der Waals surface area contributed by atoms with Gasteiger partial charge in [0.25, 0.3) is 0 Å². The zero-order chi connectivity index (χ0) is 11.0. The highest BCUT2D eigenvalue weighted by atomic mass is 15.2. The predicted molar refractivity (Wildman–Crippen MR) is 66.8 cm³/mol. The fourth-order valence-electron chi connectivity index (χ4n) is 2.79. The van der Waals surface area contributed by atoms with E-state index in [1.165, 1.54) is 29.7 Å². The molecular weight excluding hydrogens is 196 g/mol. The van der Waals surface area contributed by atoms with Crippen LogP contribution in [0.1, 0.15) is 36.9 Å². The summed E-state index contributed by atoms with van der Waals surface area (Å²) in [5, 5.41) is 0. The van der Waals surface area contributed by atoms with Gasteiger partial charge in [-0.2, -0.15) is 0 Å². The fourth-order valence-corrected chi connectivity index (χ4v) is 2.79. The van der Waals surface area contributed by atoms with Gasteiger partial charge in [0, 0.05) is 31.4 Å². The Morgan fingerprint density at radius 2 is 2.25 bits per heavy atom. The summed E-state index contributed by atoms with van der Waals surface area (Å²) in [5.74, 6) is 0. The van der Waals surface area contributed by atoms with Crippen molar-refractivity contribution >= 4 is 5.71 Å². The van der Waals surface area contributed by atoms with Crippen LogP contribution in [-0.4, -0.2) is 23.7 Å². The molecule has 16 heavy (non-hydrogen) atoms. The highest BCUT2D eigenvalue weighted by Gasteiger charge is 2.27. The molecule has 1 atom stereocenters. The second-order valence-electron chi connectivity index (χ2n) is 4.83. The van der Waals surface area contributed by atoms with Crippen LogP contribution in [0.3, 0.4) is 0 Å². The summed E-state index contributed by atoms with van der Waals surface area (Å²) >= 11 is 0. The van der Waals surface area contributed by atoms with Crippen molar-refractivity contribution in [2.45, 2.75) is 32.4 Å². The number of fused-ring (bicyclic) bond motifs is 1. The first-order valence-corrected chi connectivity index (χ1v) is 6.18. The minimum Gasteiger partial charge on any atom is -0.293 e. The number of hydrogen-bond donors (Lipinski definition) is 0. The molecule has 0 aromatic heterocycles. The lowest BCUT2D eigenvalue weighted by atomic mass is 10.1. The molecule has 0 N–H and O–H groups in total. The second-order valence-corrected chi connectivity index (χ2v) is 4.83. The number of rotatable bonds is 2. The topological polar surface area (TPSA) is 15.6 Å². The van der Waals surface area contributed by atoms with Gasteiger partial charge in [0.1, 0.15) is 0 Å². The third-order valence-corrected chi connectivity index (χ3v) is 3.77. The summed E-state index contributed by atoms with van der Waals surface area (Å²) in [5.41, 5.74) is 4.40. The highest BCUT2D eigenvalue weighted by Crippen LogP contribution is 2.32. The number of benzene rings is 1. The molecular formula is C14H18N2. The van der Waals surface area contributed by atoms with E-state index in [9.17, 15) is 0 Å². The molecule has 0 radical (unpaired) electrons. The molecule has 0 unspecified atom stereocenters. The van der Waals surface area contributed by atoms with E-state index >= 15 is 0 Å². The molecule has 0 amide bonds. The van der Waals surface area contributed by atoms with Crippen molar-refractivity contribution in [1.82, 2.24) is 4.90 Å². The van der Waals surface area contributed by atoms with E-state index in [0.29, 0.717) is 6.04 Å². The molecule has 0 spiro atoms. The van der Waals surface area contributed by atoms with Crippen molar-refractivity contribution in [3.05, 3.63) is 35.4 Å². The van der Waals surface area contributed by atoms with E-state index in [4.69, 9.17) is 0 Å². The van der Waals surface area contributed by atoms with Crippen LogP contribution in [0.15, 0.2) is 29.3 Å². The molecule has 1 aromatic carbocycles. The largest absolute Gasteiger partial charge is 0.293 e. The van der Waals surface area contributed by atoms with E-state index in [1.807, 2.05) is 0 Å². The third-order valence-electron chi connectivity index (χ3n) is 3.77. The monoisotopic (exact) mass is 214 g/mol. The average molecular weight is 214 g/mol. The molecule has 84 valence electrons. The first-order valence-electron chi connectivity index (χ1n) is 6.18. The van der Waals surface area contributed by atoms with Crippen LogP contribution in [0.2, 0.25) is 0 Å². The van der Waals surface area contributed by atoms with E-state index in [0.717, 1.165) is 19.6 Å². The molecule has 2 heterocycles. The van der Waals surface area contributed by atoms with Gasteiger partial charge in [-0.3, -0.25) is 9.89 Å². The van der Waals surface area contributed by atoms with E-state index in [1.54, 1.807) is 0 Å². The molecule has 0 saturated heterocycles. The summed E-state index contributed by atoms with van der Waals surface area (Å²) in [6.07, 6.45) is 2.46. The lowest BCUT2D eigenvalue weighted by Crippen LogP contribution is -2.26. The molecule has 2 nitrogen and oxygen atoms in total. The van der Waals surface area contributed by atoms with Gasteiger partial charge in [0.15, 0.2) is 0 Å². The molecule has 0 bridgehead atoms. The second kappa shape index (κ2) is 4.02. The van der Waals surface area contributed by atoms with Crippen LogP contribution in [0.25, 0.3) is 0 Å². The Labute approximate surface area is 97.0 Å². The maximum Gasteiger partial charge on any atom is 0.0392 e. The molecule has 2 aliphatic heterocycles. The van der Waals surface area contributed by atoms with Gasteiger partial charge in [0.2, 0.25) is 0 Å². The number of aliphatic imine (C=N–C) groups is 1. The van der Waals surface area contributed by atoms with Crippen LogP contribution in [0, 0.1) is 0 Å². The average Bonchev–Trinajstić information content (AvgIpc) is 2.90. The van der Waals surface area contributed by atoms with Gasteiger partial charge in [0.05, 0.1) is 0 Å². The molecule has 0 saturated carbocycles. The van der Waals surface area contributed by atoms with Crippen LogP contribution >= 0.6 is 0 Å². The van der Waals surface area contributed by atoms with Crippen molar-refractivity contribution in [1.29, 1.82) is 0 Å². The van der Waals surface area contributed by atoms with Gasteiger partial charge in [-0.25, -0.2) is 0 Å². The normalized spacial score (nSPS) is 24.6. The Kier molecular flexibility index (Phi) is 2.52. The Bertz CT molecular complexity index is 422. The first kappa shape index (κ1) is 10.0. The SMILES string of the molecule is C[C@@H]1c2ccccc2CN1CC1=NCCC1. The van der Waals surface area contributed by atoms with Gasteiger partial charge < -0.3 is 0 Å². The third kappa shape index (κ3) is 1.67. The van der Waals surface area contributed by atoms with E-state index in [-0.39, 0.29) is 0 Å². The Hall–Kier alpha value is -1.15. The van der Waals surface area contributed by atoms with Crippen molar-refractivity contribution < 1.29 is 0 Å². The number of nitrogens with zero attached hydrogens (tertiary/aromatic N) is 2. The minimum atomic E-state index is 0.555. The lowest BCUT2D eigenvalue weighted by molar-refractivity contribution is 0.263. The molecule has 2 aliphatic rings. The summed E-state index contributed by atoms with van der Waals surface area (Å²) in [7, 11) is 0. The summed E-state index contributed by atoms with van der Waals surface area (Å²) in [6, 6.07) is 9.35. The van der Waals surface area contributed by atoms with Gasteiger partial charge in [-0.1, -0.05) is 24.3 Å². The Balaban J connectivity index is 1.76. The predicted octanol–water partition coefficient (Wildman–Crippen LogP) is 2.80. The molecule has 1 aromatic rings. The maximum atomic E-state index is 4.57. The van der Waals surface area contributed by atoms with Gasteiger partial charge in [-0.15, -0.1) is 0 Å². The Morgan fingerprint density at radius 1 is 1.38 bits per heavy atom. The standard InChI is InChI=1S/C14H18N2/c1-11-14-7-3-2-5-12(14)9-16(11)10-13-6-4-8-15-13/h2-3,5,7,11H,4,6,8-10H2,1H3/t11-/m1/s1. The Morgan fingerprint density at radius 3 is 3.00 bits per heavy atom. The van der Waals surface area contributed by atoms with Gasteiger partial charge in [-0.05, 0) is 30.9 Å². The maximum absolute atomic E-state index is 4.57. The molecule has 3 rings (SSSR count). The smallest absolute Gasteiger partial charge is 0.0392 e. The number of hydrogen-bond acceptors (Lipinski definition) is 2. The van der Waals surface area contributed by atoms with Crippen LogP contribution in [0.4, 0.5) is 0 Å². The quantitative estimate of drug-likeness (QED) is 0.739. The zero-order valence-corrected chi connectivity index (χ0v) is 9.82. The van der Waals surface area contributed by atoms with E-state index < -0.39 is 0 Å². The lowest BCUT2D eigenvalue weighted by Gasteiger charge is -2.21. The van der Waals surface area contributed by atoms with Crippen LogP contribution in [0.5, 0.6) is 0 Å². The van der Waals surface area contributed by atoms with Crippen molar-refractivity contribution in [2.75, 3.05) is 13.1 Å².